The molecule has 1 unspecified atom stereocenters. The van der Waals surface area contributed by atoms with E-state index < -0.39 is 0 Å². The van der Waals surface area contributed by atoms with E-state index >= 15 is 0 Å². The zero-order chi connectivity index (χ0) is 12.5. The van der Waals surface area contributed by atoms with Crippen LogP contribution in [-0.4, -0.2) is 33.5 Å². The number of benzene rings is 1. The first-order valence-electron chi connectivity index (χ1n) is 5.61. The molecule has 1 atom stereocenters. The summed E-state index contributed by atoms with van der Waals surface area (Å²) in [5.41, 5.74) is 2.26. The molecule has 0 N–H and O–H groups in total. The van der Waals surface area contributed by atoms with Gasteiger partial charge in [0.2, 0.25) is 0 Å². The van der Waals surface area contributed by atoms with Crippen LogP contribution in [0.4, 0.5) is 0 Å². The van der Waals surface area contributed by atoms with Crippen LogP contribution in [0.1, 0.15) is 11.1 Å². The van der Waals surface area contributed by atoms with Gasteiger partial charge in [-0.25, -0.2) is 0 Å². The van der Waals surface area contributed by atoms with Crippen LogP contribution < -0.4 is 0 Å². The standard InChI is InChI=1S/C14H20O3/c1-4-12-5-7-13(8-6-12)9-17-11-14(16-3)10-15-2/h4-8,14H,1,9-11H2,2-3H3. The molecule has 0 radical (unpaired) electrons. The van der Waals surface area contributed by atoms with Crippen LogP contribution >= 0.6 is 0 Å². The summed E-state index contributed by atoms with van der Waals surface area (Å²) < 4.78 is 15.8. The zero-order valence-electron chi connectivity index (χ0n) is 10.5. The van der Waals surface area contributed by atoms with Gasteiger partial charge in [0, 0.05) is 14.2 Å². The Labute approximate surface area is 103 Å². The highest BCUT2D eigenvalue weighted by molar-refractivity contribution is 5.47. The fourth-order valence-electron chi connectivity index (χ4n) is 1.43. The molecule has 0 fully saturated rings. The van der Waals surface area contributed by atoms with Gasteiger partial charge in [0.15, 0.2) is 0 Å². The lowest BCUT2D eigenvalue weighted by Crippen LogP contribution is -2.23. The topological polar surface area (TPSA) is 27.7 Å². The number of hydrogen-bond donors (Lipinski definition) is 0. The fourth-order valence-corrected chi connectivity index (χ4v) is 1.43. The quantitative estimate of drug-likeness (QED) is 0.694. The molecule has 0 heterocycles. The molecule has 0 saturated carbocycles. The van der Waals surface area contributed by atoms with E-state index in [1.165, 1.54) is 0 Å². The number of ether oxygens (including phenoxy) is 3. The third kappa shape index (κ3) is 5.13. The summed E-state index contributed by atoms with van der Waals surface area (Å²) in [5.74, 6) is 0. The Bertz CT molecular complexity index is 319. The fraction of sp³-hybridized carbons (Fsp3) is 0.429. The molecule has 0 amide bonds. The van der Waals surface area contributed by atoms with Gasteiger partial charge in [0.25, 0.3) is 0 Å². The predicted molar refractivity (Wildman–Crippen MR) is 68.9 cm³/mol. The van der Waals surface area contributed by atoms with Crippen LogP contribution in [0, 0.1) is 0 Å². The highest BCUT2D eigenvalue weighted by Gasteiger charge is 2.06. The molecule has 0 aromatic heterocycles. The monoisotopic (exact) mass is 236 g/mol. The average Bonchev–Trinajstić information content (AvgIpc) is 2.38. The SMILES string of the molecule is C=Cc1ccc(COCC(COC)OC)cc1. The lowest BCUT2D eigenvalue weighted by Gasteiger charge is -2.14. The van der Waals surface area contributed by atoms with Crippen molar-refractivity contribution in [3.63, 3.8) is 0 Å². The molecular weight excluding hydrogens is 216 g/mol. The van der Waals surface area contributed by atoms with Crippen LogP contribution in [-0.2, 0) is 20.8 Å². The van der Waals surface area contributed by atoms with E-state index in [2.05, 4.69) is 6.58 Å². The summed E-state index contributed by atoms with van der Waals surface area (Å²) in [6.45, 7) is 5.38. The predicted octanol–water partition coefficient (Wildman–Crippen LogP) is 2.51. The first kappa shape index (κ1) is 13.9. The third-order valence-corrected chi connectivity index (χ3v) is 2.47. The first-order valence-corrected chi connectivity index (χ1v) is 5.61. The Morgan fingerprint density at radius 2 is 1.88 bits per heavy atom. The van der Waals surface area contributed by atoms with Gasteiger partial charge in [-0.2, -0.15) is 0 Å². The van der Waals surface area contributed by atoms with E-state index in [4.69, 9.17) is 14.2 Å². The minimum atomic E-state index is -0.00699. The molecule has 3 nitrogen and oxygen atoms in total. The maximum Gasteiger partial charge on any atom is 0.104 e. The van der Waals surface area contributed by atoms with E-state index in [9.17, 15) is 0 Å². The highest BCUT2D eigenvalue weighted by Crippen LogP contribution is 2.07. The number of methoxy groups -OCH3 is 2. The van der Waals surface area contributed by atoms with Crippen molar-refractivity contribution >= 4 is 6.08 Å². The lowest BCUT2D eigenvalue weighted by molar-refractivity contribution is -0.0347. The molecule has 1 aromatic rings. The van der Waals surface area contributed by atoms with Crippen LogP contribution in [0.25, 0.3) is 6.08 Å². The number of hydrogen-bond acceptors (Lipinski definition) is 3. The first-order chi connectivity index (χ1) is 8.30. The van der Waals surface area contributed by atoms with Gasteiger partial charge < -0.3 is 14.2 Å². The second kappa shape index (κ2) is 8.01. The van der Waals surface area contributed by atoms with Crippen molar-refractivity contribution in [2.75, 3.05) is 27.4 Å². The number of rotatable bonds is 8. The van der Waals surface area contributed by atoms with Crippen molar-refractivity contribution in [2.24, 2.45) is 0 Å². The van der Waals surface area contributed by atoms with E-state index in [0.29, 0.717) is 19.8 Å². The molecule has 0 aliphatic heterocycles. The van der Waals surface area contributed by atoms with Gasteiger partial charge in [-0.05, 0) is 11.1 Å². The average molecular weight is 236 g/mol. The Balaban J connectivity index is 2.31. The van der Waals surface area contributed by atoms with Gasteiger partial charge in [-0.1, -0.05) is 36.9 Å². The van der Waals surface area contributed by atoms with E-state index in [0.717, 1.165) is 11.1 Å². The molecule has 0 aliphatic carbocycles. The summed E-state index contributed by atoms with van der Waals surface area (Å²) in [4.78, 5) is 0. The summed E-state index contributed by atoms with van der Waals surface area (Å²) in [7, 11) is 3.31. The largest absolute Gasteiger partial charge is 0.382 e. The molecule has 3 heteroatoms. The van der Waals surface area contributed by atoms with Crippen molar-refractivity contribution < 1.29 is 14.2 Å². The van der Waals surface area contributed by atoms with Gasteiger partial charge in [-0.15, -0.1) is 0 Å². The second-order valence-corrected chi connectivity index (χ2v) is 3.77. The highest BCUT2D eigenvalue weighted by atomic mass is 16.5. The van der Waals surface area contributed by atoms with Crippen LogP contribution in [0.3, 0.4) is 0 Å². The van der Waals surface area contributed by atoms with Crippen molar-refractivity contribution in [2.45, 2.75) is 12.7 Å². The Morgan fingerprint density at radius 1 is 1.18 bits per heavy atom. The molecule has 94 valence electrons. The molecule has 1 rings (SSSR count). The van der Waals surface area contributed by atoms with Crippen LogP contribution in [0.5, 0.6) is 0 Å². The summed E-state index contributed by atoms with van der Waals surface area (Å²) >= 11 is 0. The summed E-state index contributed by atoms with van der Waals surface area (Å²) in [6.07, 6.45) is 1.82. The van der Waals surface area contributed by atoms with Crippen molar-refractivity contribution in [3.05, 3.63) is 42.0 Å². The van der Waals surface area contributed by atoms with Crippen molar-refractivity contribution in [3.8, 4) is 0 Å². The van der Waals surface area contributed by atoms with Gasteiger partial charge in [-0.3, -0.25) is 0 Å². The van der Waals surface area contributed by atoms with Crippen LogP contribution in [0.2, 0.25) is 0 Å². The minimum Gasteiger partial charge on any atom is -0.382 e. The summed E-state index contributed by atoms with van der Waals surface area (Å²) in [6, 6.07) is 8.12. The smallest absolute Gasteiger partial charge is 0.104 e. The molecule has 1 aromatic carbocycles. The molecule has 0 spiro atoms. The van der Waals surface area contributed by atoms with E-state index in [1.54, 1.807) is 14.2 Å². The van der Waals surface area contributed by atoms with E-state index in [1.807, 2.05) is 30.3 Å². The van der Waals surface area contributed by atoms with Crippen molar-refractivity contribution in [1.82, 2.24) is 0 Å². The molecular formula is C14H20O3. The molecule has 0 saturated heterocycles. The maximum absolute atomic E-state index is 5.57. The Kier molecular flexibility index (Phi) is 6.55. The normalized spacial score (nSPS) is 12.4. The molecule has 0 aliphatic rings. The maximum atomic E-state index is 5.57. The second-order valence-electron chi connectivity index (χ2n) is 3.77. The lowest BCUT2D eigenvalue weighted by atomic mass is 10.1. The third-order valence-electron chi connectivity index (χ3n) is 2.47. The Morgan fingerprint density at radius 3 is 2.41 bits per heavy atom. The van der Waals surface area contributed by atoms with Crippen LogP contribution in [0.15, 0.2) is 30.8 Å². The molecule has 0 bridgehead atoms. The molecule has 17 heavy (non-hydrogen) atoms. The van der Waals surface area contributed by atoms with Gasteiger partial charge in [0.1, 0.15) is 6.10 Å². The summed E-state index contributed by atoms with van der Waals surface area (Å²) in [5, 5.41) is 0. The zero-order valence-corrected chi connectivity index (χ0v) is 10.5. The van der Waals surface area contributed by atoms with Crippen molar-refractivity contribution in [1.29, 1.82) is 0 Å². The Hall–Kier alpha value is -1.16. The van der Waals surface area contributed by atoms with E-state index in [-0.39, 0.29) is 6.10 Å². The van der Waals surface area contributed by atoms with Gasteiger partial charge >= 0.3 is 0 Å². The van der Waals surface area contributed by atoms with Gasteiger partial charge in [0.05, 0.1) is 19.8 Å². The minimum absolute atomic E-state index is 0.00699.